The average molecular weight is 814 g/mol. The fourth-order valence-corrected chi connectivity index (χ4v) is 8.45. The van der Waals surface area contributed by atoms with E-state index in [-0.39, 0.29) is 24.9 Å². The van der Waals surface area contributed by atoms with Gasteiger partial charge in [-0.3, -0.25) is 14.1 Å². The second-order valence-corrected chi connectivity index (χ2v) is 12.9. The van der Waals surface area contributed by atoms with Crippen molar-refractivity contribution in [1.29, 1.82) is 0 Å². The first kappa shape index (κ1) is 30.3. The Bertz CT molecular complexity index is 1310. The Labute approximate surface area is 241 Å². The standard InChI is InChI=1S/C20H14F6I2O10S/c21-19(22,23)18(20(24,25)26,4-39(33,34)35)38-17(32)11-7-3-6-10(11)15(30)36-13(6)14(7)37-16(31)12-8(27)1-5(29)2-9(12)28/h1-2,6-7,10-11,13-14,29H,3-4H2,(H,33,34,35). The maximum atomic E-state index is 13.7. The molecule has 1 saturated heterocycles. The highest BCUT2D eigenvalue weighted by molar-refractivity contribution is 14.1. The van der Waals surface area contributed by atoms with Crippen molar-refractivity contribution in [3.63, 3.8) is 0 Å². The van der Waals surface area contributed by atoms with Crippen molar-refractivity contribution in [2.75, 3.05) is 5.75 Å². The first-order chi connectivity index (χ1) is 17.7. The van der Waals surface area contributed by atoms with E-state index in [0.29, 0.717) is 0 Å². The summed E-state index contributed by atoms with van der Waals surface area (Å²) >= 11 is 3.42. The van der Waals surface area contributed by atoms with Gasteiger partial charge in [-0.2, -0.15) is 34.8 Å². The van der Waals surface area contributed by atoms with E-state index in [4.69, 9.17) is 14.0 Å². The molecule has 1 aromatic rings. The zero-order valence-electron chi connectivity index (χ0n) is 18.6. The number of alkyl halides is 6. The summed E-state index contributed by atoms with van der Waals surface area (Å²) in [6.45, 7) is 0. The highest BCUT2D eigenvalue weighted by Gasteiger charge is 2.77. The van der Waals surface area contributed by atoms with E-state index in [1.165, 1.54) is 12.1 Å². The quantitative estimate of drug-likeness (QED) is 0.144. The first-order valence-electron chi connectivity index (χ1n) is 10.6. The zero-order valence-corrected chi connectivity index (χ0v) is 23.8. The number of rotatable bonds is 6. The number of fused-ring (bicyclic) bond motifs is 1. The molecule has 6 unspecified atom stereocenters. The number of aromatic hydroxyl groups is 1. The number of benzene rings is 1. The van der Waals surface area contributed by atoms with E-state index in [9.17, 15) is 54.3 Å². The van der Waals surface area contributed by atoms with Crippen LogP contribution in [0.2, 0.25) is 0 Å². The van der Waals surface area contributed by atoms with Gasteiger partial charge >= 0.3 is 35.9 Å². The Kier molecular flexibility index (Phi) is 7.58. The molecule has 2 aliphatic carbocycles. The number of esters is 3. The van der Waals surface area contributed by atoms with Gasteiger partial charge in [0.25, 0.3) is 10.1 Å². The van der Waals surface area contributed by atoms with Crippen LogP contribution in [0.25, 0.3) is 0 Å². The summed E-state index contributed by atoms with van der Waals surface area (Å²) in [6.07, 6.45) is -15.9. The van der Waals surface area contributed by atoms with Crippen molar-refractivity contribution in [2.24, 2.45) is 23.7 Å². The Morgan fingerprint density at radius 3 is 2.08 bits per heavy atom. The summed E-state index contributed by atoms with van der Waals surface area (Å²) in [7, 11) is -6.02. The van der Waals surface area contributed by atoms with E-state index in [2.05, 4.69) is 4.74 Å². The van der Waals surface area contributed by atoms with Crippen molar-refractivity contribution in [1.82, 2.24) is 0 Å². The topological polar surface area (TPSA) is 153 Å². The fourth-order valence-electron chi connectivity index (χ4n) is 5.37. The molecule has 4 rings (SSSR count). The number of ether oxygens (including phenoxy) is 3. The summed E-state index contributed by atoms with van der Waals surface area (Å²) < 4.78 is 128. The first-order valence-corrected chi connectivity index (χ1v) is 14.4. The number of hydrogen-bond donors (Lipinski definition) is 2. The third kappa shape index (κ3) is 5.15. The van der Waals surface area contributed by atoms with E-state index in [1.807, 2.05) is 0 Å². The van der Waals surface area contributed by atoms with Gasteiger partial charge in [0.1, 0.15) is 23.7 Å². The second-order valence-electron chi connectivity index (χ2n) is 9.14. The van der Waals surface area contributed by atoms with Crippen LogP contribution in [0.1, 0.15) is 16.8 Å². The Morgan fingerprint density at radius 2 is 1.59 bits per heavy atom. The van der Waals surface area contributed by atoms with Crippen molar-refractivity contribution in [2.45, 2.75) is 36.6 Å². The molecule has 19 heteroatoms. The lowest BCUT2D eigenvalue weighted by Crippen LogP contribution is -2.64. The molecule has 2 saturated carbocycles. The Hall–Kier alpha value is -1.62. The molecule has 39 heavy (non-hydrogen) atoms. The van der Waals surface area contributed by atoms with Gasteiger partial charge in [-0.1, -0.05) is 0 Å². The number of hydrogen-bond acceptors (Lipinski definition) is 9. The molecular formula is C20H14F6I2O10S. The van der Waals surface area contributed by atoms with Gasteiger partial charge in [-0.05, 0) is 63.7 Å². The minimum Gasteiger partial charge on any atom is -0.508 e. The number of phenolic OH excluding ortho intramolecular Hbond substituents is 1. The molecule has 216 valence electrons. The third-order valence-electron chi connectivity index (χ3n) is 6.87. The SMILES string of the molecule is O=C(OC1C2CC3C1OC(=O)C3C2C(=O)OC(CS(=O)(=O)O)(C(F)(F)F)C(F)(F)F)c1c(I)cc(O)cc1I. The number of carbonyl (C=O) groups is 3. The van der Waals surface area contributed by atoms with Crippen LogP contribution in [0.15, 0.2) is 12.1 Å². The monoisotopic (exact) mass is 814 g/mol. The molecule has 0 amide bonds. The highest BCUT2D eigenvalue weighted by atomic mass is 127. The van der Waals surface area contributed by atoms with Gasteiger partial charge in [0, 0.05) is 19.0 Å². The predicted molar refractivity (Wildman–Crippen MR) is 129 cm³/mol. The normalized spacial score (nSPS) is 28.4. The molecule has 10 nitrogen and oxygen atoms in total. The van der Waals surface area contributed by atoms with Crippen LogP contribution in [-0.2, 0) is 33.9 Å². The molecule has 0 spiro atoms. The molecular weight excluding hydrogens is 800 g/mol. The van der Waals surface area contributed by atoms with Crippen LogP contribution in [-0.4, -0.2) is 71.9 Å². The molecule has 1 heterocycles. The predicted octanol–water partition coefficient (Wildman–Crippen LogP) is 3.23. The minimum absolute atomic E-state index is 0.0434. The molecule has 3 aliphatic rings. The summed E-state index contributed by atoms with van der Waals surface area (Å²) in [5.41, 5.74) is -5.70. The lowest BCUT2D eigenvalue weighted by atomic mass is 9.78. The number of halogens is 8. The Morgan fingerprint density at radius 1 is 1.05 bits per heavy atom. The smallest absolute Gasteiger partial charge is 0.438 e. The lowest BCUT2D eigenvalue weighted by molar-refractivity contribution is -0.362. The molecule has 6 atom stereocenters. The summed E-state index contributed by atoms with van der Waals surface area (Å²) in [6, 6.07) is 2.43. The largest absolute Gasteiger partial charge is 0.508 e. The second kappa shape index (κ2) is 9.74. The van der Waals surface area contributed by atoms with Crippen LogP contribution < -0.4 is 0 Å². The van der Waals surface area contributed by atoms with E-state index in [0.717, 1.165) is 0 Å². The summed E-state index contributed by atoms with van der Waals surface area (Å²) in [5, 5.41) is 9.67. The van der Waals surface area contributed by atoms with Crippen LogP contribution in [0.3, 0.4) is 0 Å². The van der Waals surface area contributed by atoms with Gasteiger partial charge in [-0.25, -0.2) is 4.79 Å². The third-order valence-corrected chi connectivity index (χ3v) is 9.34. The van der Waals surface area contributed by atoms with Crippen molar-refractivity contribution in [3.05, 3.63) is 24.8 Å². The van der Waals surface area contributed by atoms with Crippen LogP contribution in [0, 0.1) is 30.8 Å². The van der Waals surface area contributed by atoms with E-state index in [1.54, 1.807) is 45.2 Å². The van der Waals surface area contributed by atoms with Gasteiger partial charge in [0.05, 0.1) is 17.4 Å². The minimum atomic E-state index is -6.55. The van der Waals surface area contributed by atoms with Crippen LogP contribution in [0.5, 0.6) is 5.75 Å². The zero-order chi connectivity index (χ0) is 29.5. The van der Waals surface area contributed by atoms with Gasteiger partial charge < -0.3 is 19.3 Å². The van der Waals surface area contributed by atoms with E-state index < -0.39 is 87.6 Å². The number of carbonyl (C=O) groups excluding carboxylic acids is 3. The molecule has 3 fully saturated rings. The van der Waals surface area contributed by atoms with Crippen molar-refractivity contribution >= 4 is 73.2 Å². The molecule has 1 aliphatic heterocycles. The van der Waals surface area contributed by atoms with Gasteiger partial charge in [0.15, 0.2) is 0 Å². The van der Waals surface area contributed by atoms with Crippen molar-refractivity contribution in [3.8, 4) is 5.75 Å². The van der Waals surface area contributed by atoms with Gasteiger partial charge in [0.2, 0.25) is 0 Å². The fraction of sp³-hybridized carbons (Fsp3) is 0.550. The molecule has 0 aromatic heterocycles. The van der Waals surface area contributed by atoms with Crippen LogP contribution in [0.4, 0.5) is 26.3 Å². The van der Waals surface area contributed by atoms with Crippen LogP contribution >= 0.6 is 45.2 Å². The Balaban J connectivity index is 1.68. The summed E-state index contributed by atoms with van der Waals surface area (Å²) in [4.78, 5) is 38.3. The lowest BCUT2D eigenvalue weighted by Gasteiger charge is -2.38. The highest BCUT2D eigenvalue weighted by Crippen LogP contribution is 2.60. The molecule has 1 aromatic carbocycles. The number of phenols is 1. The van der Waals surface area contributed by atoms with E-state index >= 15 is 0 Å². The van der Waals surface area contributed by atoms with Gasteiger partial charge in [-0.15, -0.1) is 0 Å². The molecule has 2 bridgehead atoms. The molecule has 0 radical (unpaired) electrons. The molecule has 2 N–H and O–H groups in total. The maximum absolute atomic E-state index is 13.7. The summed E-state index contributed by atoms with van der Waals surface area (Å²) in [5.74, 6) is -13.4. The maximum Gasteiger partial charge on any atom is 0.438 e. The van der Waals surface area contributed by atoms with Crippen molar-refractivity contribution < 1.29 is 73.0 Å². The average Bonchev–Trinajstić information content (AvgIpc) is 3.33.